The minimum Gasteiger partial charge on any atom is -0.411 e. The number of rotatable bonds is 6. The molecule has 0 radical (unpaired) electrons. The molecule has 0 amide bonds. The summed E-state index contributed by atoms with van der Waals surface area (Å²) >= 11 is 0. The Bertz CT molecular complexity index is 1260. The number of aromatic nitrogens is 2. The number of nitrogens with one attached hydrogen (secondary N) is 1. The van der Waals surface area contributed by atoms with Crippen LogP contribution in [0.3, 0.4) is 0 Å². The van der Waals surface area contributed by atoms with Gasteiger partial charge in [0.15, 0.2) is 8.32 Å². The number of aromatic amines is 1. The van der Waals surface area contributed by atoms with Crippen molar-refractivity contribution in [3.05, 3.63) is 80.5 Å². The second-order valence-electron chi connectivity index (χ2n) is 10.6. The summed E-state index contributed by atoms with van der Waals surface area (Å²) in [6, 6.07) is 15.7. The Labute approximate surface area is 196 Å². The molecule has 0 fully saturated rings. The molecule has 0 saturated carbocycles. The van der Waals surface area contributed by atoms with E-state index in [-0.39, 0.29) is 28.9 Å². The van der Waals surface area contributed by atoms with E-state index >= 15 is 0 Å². The summed E-state index contributed by atoms with van der Waals surface area (Å²) in [5.41, 5.74) is 2.67. The molecule has 1 unspecified atom stereocenters. The van der Waals surface area contributed by atoms with E-state index in [0.29, 0.717) is 17.4 Å². The Hall–Kier alpha value is -2.48. The number of hydrogen-bond acceptors (Lipinski definition) is 4. The van der Waals surface area contributed by atoms with E-state index in [2.05, 4.69) is 68.0 Å². The largest absolute Gasteiger partial charge is 0.411 e. The summed E-state index contributed by atoms with van der Waals surface area (Å²) in [6.07, 6.45) is 0.746. The highest BCUT2D eigenvalue weighted by molar-refractivity contribution is 6.74. The molecule has 1 aliphatic heterocycles. The Morgan fingerprint density at radius 2 is 1.67 bits per heavy atom. The molecule has 1 N–H and O–H groups in total. The molecule has 2 aromatic carbocycles. The van der Waals surface area contributed by atoms with Crippen molar-refractivity contribution >= 4 is 19.2 Å². The van der Waals surface area contributed by atoms with Crippen LogP contribution in [0, 0.1) is 0 Å². The number of nitrogens with zero attached hydrogens (tertiary/aromatic N) is 2. The van der Waals surface area contributed by atoms with Gasteiger partial charge >= 0.3 is 5.69 Å². The first-order valence-electron chi connectivity index (χ1n) is 11.7. The Balaban J connectivity index is 1.65. The topological polar surface area (TPSA) is 67.3 Å². The predicted octanol–water partition coefficient (Wildman–Crippen LogP) is 4.14. The van der Waals surface area contributed by atoms with Gasteiger partial charge in [-0.2, -0.15) is 0 Å². The van der Waals surface area contributed by atoms with E-state index in [1.165, 1.54) is 15.7 Å². The van der Waals surface area contributed by atoms with Gasteiger partial charge in [0.1, 0.15) is 0 Å². The molecule has 1 atom stereocenters. The molecule has 33 heavy (non-hydrogen) atoms. The van der Waals surface area contributed by atoms with Gasteiger partial charge in [-0.1, -0.05) is 57.2 Å². The summed E-state index contributed by atoms with van der Waals surface area (Å²) in [7, 11) is -2.12. The molecule has 0 saturated heterocycles. The van der Waals surface area contributed by atoms with Crippen LogP contribution < -0.4 is 11.2 Å². The predicted molar refractivity (Wildman–Crippen MR) is 136 cm³/mol. The van der Waals surface area contributed by atoms with Crippen molar-refractivity contribution < 1.29 is 4.43 Å². The third-order valence-electron chi connectivity index (χ3n) is 7.21. The van der Waals surface area contributed by atoms with E-state index in [4.69, 9.17) is 4.43 Å². The number of fused-ring (bicyclic) bond motifs is 2. The summed E-state index contributed by atoms with van der Waals surface area (Å²) in [4.78, 5) is 31.3. The maximum absolute atomic E-state index is 13.2. The molecule has 7 heteroatoms. The standard InChI is InChI=1S/C26H35N3O3Si/c1-26(2,3)33(4,5)32-21(17-28-15-14-19-10-6-7-11-20(19)16-28)18-29-24(30)22-12-8-9-13-23(22)27-25(29)31/h6-13,21H,14-18H2,1-5H3,(H,27,31). The molecule has 176 valence electrons. The van der Waals surface area contributed by atoms with Gasteiger partial charge in [0.2, 0.25) is 0 Å². The van der Waals surface area contributed by atoms with E-state index in [1.807, 2.05) is 12.1 Å². The Morgan fingerprint density at radius 3 is 2.39 bits per heavy atom. The van der Waals surface area contributed by atoms with Crippen molar-refractivity contribution in [1.29, 1.82) is 0 Å². The molecule has 6 nitrogen and oxygen atoms in total. The molecule has 0 spiro atoms. The summed E-state index contributed by atoms with van der Waals surface area (Å²) in [5, 5.41) is 0.552. The smallest absolute Gasteiger partial charge is 0.328 e. The highest BCUT2D eigenvalue weighted by Crippen LogP contribution is 2.37. The third-order valence-corrected chi connectivity index (χ3v) is 11.7. The van der Waals surface area contributed by atoms with Crippen LogP contribution in [0.25, 0.3) is 10.9 Å². The van der Waals surface area contributed by atoms with Crippen LogP contribution in [0.15, 0.2) is 58.1 Å². The first kappa shape index (κ1) is 23.7. The van der Waals surface area contributed by atoms with Crippen molar-refractivity contribution in [2.45, 2.75) is 64.5 Å². The van der Waals surface area contributed by atoms with Crippen molar-refractivity contribution in [2.75, 3.05) is 13.1 Å². The molecule has 3 aromatic rings. The number of benzene rings is 2. The molecular weight excluding hydrogens is 430 g/mol. The monoisotopic (exact) mass is 465 g/mol. The lowest BCUT2D eigenvalue weighted by atomic mass is 10.00. The molecule has 0 aliphatic carbocycles. The zero-order chi connectivity index (χ0) is 23.8. The van der Waals surface area contributed by atoms with Gasteiger partial charge in [-0.15, -0.1) is 0 Å². The third kappa shape index (κ3) is 5.05. The number of H-pyrrole nitrogens is 1. The second kappa shape index (κ2) is 9.04. The van der Waals surface area contributed by atoms with Crippen LogP contribution in [-0.4, -0.2) is 42.0 Å². The molecule has 4 rings (SSSR count). The van der Waals surface area contributed by atoms with Gasteiger partial charge in [0, 0.05) is 19.6 Å². The van der Waals surface area contributed by atoms with Gasteiger partial charge < -0.3 is 9.41 Å². The van der Waals surface area contributed by atoms with E-state index in [9.17, 15) is 9.59 Å². The average Bonchev–Trinajstić information content (AvgIpc) is 2.75. The normalized spacial score (nSPS) is 16.0. The zero-order valence-corrected chi connectivity index (χ0v) is 21.4. The fourth-order valence-corrected chi connectivity index (χ4v) is 5.63. The maximum Gasteiger partial charge on any atom is 0.328 e. The van der Waals surface area contributed by atoms with Gasteiger partial charge in [-0.3, -0.25) is 14.3 Å². The van der Waals surface area contributed by atoms with Crippen molar-refractivity contribution in [3.8, 4) is 0 Å². The molecule has 2 heterocycles. The fourth-order valence-electron chi connectivity index (χ4n) is 4.29. The van der Waals surface area contributed by atoms with Gasteiger partial charge in [0.25, 0.3) is 5.56 Å². The summed E-state index contributed by atoms with van der Waals surface area (Å²) < 4.78 is 8.12. The van der Waals surface area contributed by atoms with E-state index in [0.717, 1.165) is 19.5 Å². The molecule has 1 aliphatic rings. The van der Waals surface area contributed by atoms with Crippen molar-refractivity contribution in [2.24, 2.45) is 0 Å². The highest BCUT2D eigenvalue weighted by atomic mass is 28.4. The van der Waals surface area contributed by atoms with Crippen LogP contribution in [0.1, 0.15) is 31.9 Å². The van der Waals surface area contributed by atoms with Gasteiger partial charge in [-0.05, 0) is 47.8 Å². The minimum atomic E-state index is -2.12. The van der Waals surface area contributed by atoms with E-state index < -0.39 is 8.32 Å². The molecule has 1 aromatic heterocycles. The zero-order valence-electron chi connectivity index (χ0n) is 20.4. The van der Waals surface area contributed by atoms with Gasteiger partial charge in [0.05, 0.1) is 23.6 Å². The van der Waals surface area contributed by atoms with Crippen LogP contribution in [0.5, 0.6) is 0 Å². The Kier molecular flexibility index (Phi) is 6.49. The van der Waals surface area contributed by atoms with Crippen LogP contribution in [-0.2, 0) is 23.9 Å². The molecular formula is C26H35N3O3Si. The summed E-state index contributed by atoms with van der Waals surface area (Å²) in [6.45, 7) is 13.8. The maximum atomic E-state index is 13.2. The van der Waals surface area contributed by atoms with E-state index in [1.54, 1.807) is 12.1 Å². The summed E-state index contributed by atoms with van der Waals surface area (Å²) in [5.74, 6) is 0. The average molecular weight is 466 g/mol. The Morgan fingerprint density at radius 1 is 1.00 bits per heavy atom. The van der Waals surface area contributed by atoms with Crippen LogP contribution >= 0.6 is 0 Å². The second-order valence-corrected chi connectivity index (χ2v) is 15.4. The SMILES string of the molecule is CC(C)(C)[Si](C)(C)OC(CN1CCc2ccccc2C1)Cn1c(=O)[nH]c2ccccc2c1=O. The van der Waals surface area contributed by atoms with Crippen LogP contribution in [0.2, 0.25) is 18.1 Å². The first-order chi connectivity index (χ1) is 15.5. The van der Waals surface area contributed by atoms with Crippen molar-refractivity contribution in [1.82, 2.24) is 14.5 Å². The number of hydrogen-bond donors (Lipinski definition) is 1. The van der Waals surface area contributed by atoms with Gasteiger partial charge in [-0.25, -0.2) is 4.79 Å². The van der Waals surface area contributed by atoms with Crippen molar-refractivity contribution in [3.63, 3.8) is 0 Å². The lowest BCUT2D eigenvalue weighted by Gasteiger charge is -2.41. The minimum absolute atomic E-state index is 0.0283. The lowest BCUT2D eigenvalue weighted by Crippen LogP contribution is -2.51. The van der Waals surface area contributed by atoms with Crippen LogP contribution in [0.4, 0.5) is 0 Å². The first-order valence-corrected chi connectivity index (χ1v) is 14.6. The highest BCUT2D eigenvalue weighted by Gasteiger charge is 2.40. The number of para-hydroxylation sites is 1. The molecule has 0 bridgehead atoms. The lowest BCUT2D eigenvalue weighted by molar-refractivity contribution is 0.0972. The quantitative estimate of drug-likeness (QED) is 0.556. The fraction of sp³-hybridized carbons (Fsp3) is 0.462.